The van der Waals surface area contributed by atoms with Crippen LogP contribution in [0.2, 0.25) is 0 Å². The fraction of sp³-hybridized carbons (Fsp3) is 0.467. The second kappa shape index (κ2) is 6.47. The molecule has 0 aliphatic heterocycles. The summed E-state index contributed by atoms with van der Waals surface area (Å²) in [6, 6.07) is 1.59. The van der Waals surface area contributed by atoms with Gasteiger partial charge in [-0.1, -0.05) is 0 Å². The van der Waals surface area contributed by atoms with Crippen LogP contribution in [0.5, 0.6) is 11.5 Å². The molecule has 1 aromatic carbocycles. The van der Waals surface area contributed by atoms with E-state index in [2.05, 4.69) is 5.32 Å². The van der Waals surface area contributed by atoms with Gasteiger partial charge in [-0.05, 0) is 33.3 Å². The average Bonchev–Trinajstić information content (AvgIpc) is 2.38. The Kier molecular flexibility index (Phi) is 5.18. The van der Waals surface area contributed by atoms with Crippen molar-refractivity contribution in [3.8, 4) is 11.5 Å². The van der Waals surface area contributed by atoms with Gasteiger partial charge in [0.2, 0.25) is 0 Å². The van der Waals surface area contributed by atoms with E-state index in [1.54, 1.807) is 33.8 Å². The Balaban J connectivity index is 3.19. The minimum Gasteiger partial charge on any atom is -0.493 e. The van der Waals surface area contributed by atoms with Crippen LogP contribution in [0.25, 0.3) is 0 Å². The van der Waals surface area contributed by atoms with Crippen molar-refractivity contribution < 1.29 is 23.8 Å². The molecule has 6 nitrogen and oxygen atoms in total. The zero-order valence-corrected chi connectivity index (χ0v) is 13.2. The number of amides is 1. The lowest BCUT2D eigenvalue weighted by atomic mass is 10.1. The van der Waals surface area contributed by atoms with Gasteiger partial charge in [-0.25, -0.2) is 4.79 Å². The zero-order chi connectivity index (χ0) is 16.2. The summed E-state index contributed by atoms with van der Waals surface area (Å²) in [5.41, 5.74) is 0.725. The molecule has 1 N–H and O–H groups in total. The molecular formula is C15H21NO5. The Morgan fingerprint density at radius 2 is 1.86 bits per heavy atom. The number of methoxy groups -OCH3 is 2. The molecule has 0 fully saturated rings. The van der Waals surface area contributed by atoms with Gasteiger partial charge in [-0.15, -0.1) is 0 Å². The number of aldehydes is 1. The van der Waals surface area contributed by atoms with Gasteiger partial charge in [0.05, 0.1) is 25.5 Å². The van der Waals surface area contributed by atoms with Gasteiger partial charge in [0.15, 0.2) is 17.8 Å². The summed E-state index contributed by atoms with van der Waals surface area (Å²) in [7, 11) is 2.91. The van der Waals surface area contributed by atoms with Crippen LogP contribution in [0, 0.1) is 6.92 Å². The van der Waals surface area contributed by atoms with Crippen LogP contribution < -0.4 is 14.8 Å². The van der Waals surface area contributed by atoms with E-state index >= 15 is 0 Å². The summed E-state index contributed by atoms with van der Waals surface area (Å²) >= 11 is 0. The van der Waals surface area contributed by atoms with Crippen molar-refractivity contribution >= 4 is 18.1 Å². The lowest BCUT2D eigenvalue weighted by Crippen LogP contribution is -2.27. The van der Waals surface area contributed by atoms with Gasteiger partial charge >= 0.3 is 6.09 Å². The van der Waals surface area contributed by atoms with Crippen LogP contribution in [-0.2, 0) is 4.74 Å². The third-order valence-corrected chi connectivity index (χ3v) is 2.73. The lowest BCUT2D eigenvalue weighted by Gasteiger charge is -2.21. The maximum absolute atomic E-state index is 11.8. The smallest absolute Gasteiger partial charge is 0.412 e. The molecule has 0 unspecified atom stereocenters. The lowest BCUT2D eigenvalue weighted by molar-refractivity contribution is 0.0635. The molecule has 0 radical (unpaired) electrons. The van der Waals surface area contributed by atoms with Crippen LogP contribution in [0.1, 0.15) is 36.7 Å². The van der Waals surface area contributed by atoms with E-state index in [0.29, 0.717) is 34.6 Å². The summed E-state index contributed by atoms with van der Waals surface area (Å²) in [5, 5.41) is 2.61. The van der Waals surface area contributed by atoms with Crippen molar-refractivity contribution in [2.24, 2.45) is 0 Å². The van der Waals surface area contributed by atoms with E-state index in [0.717, 1.165) is 0 Å². The Labute approximate surface area is 124 Å². The highest BCUT2D eigenvalue weighted by Crippen LogP contribution is 2.37. The molecular weight excluding hydrogens is 274 g/mol. The third-order valence-electron chi connectivity index (χ3n) is 2.73. The minimum absolute atomic E-state index is 0.322. The van der Waals surface area contributed by atoms with E-state index in [4.69, 9.17) is 14.2 Å². The van der Waals surface area contributed by atoms with Crippen molar-refractivity contribution in [1.82, 2.24) is 0 Å². The fourth-order valence-electron chi connectivity index (χ4n) is 1.80. The normalized spacial score (nSPS) is 10.8. The molecule has 6 heteroatoms. The Morgan fingerprint density at radius 3 is 2.29 bits per heavy atom. The number of carbonyl (C=O) groups excluding carboxylic acids is 2. The summed E-state index contributed by atoms with van der Waals surface area (Å²) in [4.78, 5) is 23.1. The molecule has 0 heterocycles. The van der Waals surface area contributed by atoms with Crippen molar-refractivity contribution in [3.63, 3.8) is 0 Å². The standard InChI is InChI=1S/C15H21NO5/c1-9-10(8-17)13(20-6)12(19-5)7-11(9)16-14(18)21-15(2,3)4/h7-8H,1-6H3,(H,16,18). The molecule has 0 aliphatic carbocycles. The van der Waals surface area contributed by atoms with Gasteiger partial charge in [-0.3, -0.25) is 10.1 Å². The summed E-state index contributed by atoms with van der Waals surface area (Å²) in [6.07, 6.45) is 0.0615. The summed E-state index contributed by atoms with van der Waals surface area (Å²) in [5.74, 6) is 0.691. The number of anilines is 1. The predicted octanol–water partition coefficient (Wildman–Crippen LogP) is 3.17. The summed E-state index contributed by atoms with van der Waals surface area (Å²) < 4.78 is 15.6. The number of rotatable bonds is 4. The highest BCUT2D eigenvalue weighted by molar-refractivity contribution is 5.92. The number of hydrogen-bond acceptors (Lipinski definition) is 5. The highest BCUT2D eigenvalue weighted by Gasteiger charge is 2.20. The molecule has 0 aromatic heterocycles. The van der Waals surface area contributed by atoms with Crippen LogP contribution >= 0.6 is 0 Å². The average molecular weight is 295 g/mol. The van der Waals surface area contributed by atoms with Gasteiger partial charge in [-0.2, -0.15) is 0 Å². The first kappa shape index (κ1) is 16.8. The number of nitrogens with one attached hydrogen (secondary N) is 1. The van der Waals surface area contributed by atoms with Gasteiger partial charge in [0, 0.05) is 6.07 Å². The molecule has 0 saturated heterocycles. The molecule has 0 spiro atoms. The van der Waals surface area contributed by atoms with Crippen molar-refractivity contribution in [1.29, 1.82) is 0 Å². The predicted molar refractivity (Wildman–Crippen MR) is 79.5 cm³/mol. The highest BCUT2D eigenvalue weighted by atomic mass is 16.6. The van der Waals surface area contributed by atoms with Crippen molar-refractivity contribution in [2.45, 2.75) is 33.3 Å². The SMILES string of the molecule is COc1cc(NC(=O)OC(C)(C)C)c(C)c(C=O)c1OC. The zero-order valence-electron chi connectivity index (χ0n) is 13.2. The Morgan fingerprint density at radius 1 is 1.24 bits per heavy atom. The topological polar surface area (TPSA) is 73.9 Å². The monoisotopic (exact) mass is 295 g/mol. The minimum atomic E-state index is -0.609. The van der Waals surface area contributed by atoms with Crippen LogP contribution in [0.4, 0.5) is 10.5 Å². The second-order valence-corrected chi connectivity index (χ2v) is 5.44. The molecule has 0 aliphatic rings. The van der Waals surface area contributed by atoms with E-state index in [1.165, 1.54) is 14.2 Å². The first-order chi connectivity index (χ1) is 9.73. The third kappa shape index (κ3) is 4.11. The van der Waals surface area contributed by atoms with E-state index in [1.807, 2.05) is 0 Å². The first-order valence-electron chi connectivity index (χ1n) is 6.44. The number of ether oxygens (including phenoxy) is 3. The molecule has 1 aromatic rings. The van der Waals surface area contributed by atoms with Gasteiger partial charge in [0.25, 0.3) is 0 Å². The van der Waals surface area contributed by atoms with E-state index < -0.39 is 11.7 Å². The van der Waals surface area contributed by atoms with E-state index in [9.17, 15) is 9.59 Å². The van der Waals surface area contributed by atoms with Gasteiger partial charge in [0.1, 0.15) is 5.60 Å². The largest absolute Gasteiger partial charge is 0.493 e. The quantitative estimate of drug-likeness (QED) is 0.864. The molecule has 1 rings (SSSR count). The molecule has 0 saturated carbocycles. The fourth-order valence-corrected chi connectivity index (χ4v) is 1.80. The second-order valence-electron chi connectivity index (χ2n) is 5.44. The number of carbonyl (C=O) groups is 2. The maximum atomic E-state index is 11.8. The van der Waals surface area contributed by atoms with E-state index in [-0.39, 0.29) is 0 Å². The number of benzene rings is 1. The molecule has 1 amide bonds. The Hall–Kier alpha value is -2.24. The molecule has 0 bridgehead atoms. The van der Waals surface area contributed by atoms with Crippen LogP contribution in [-0.4, -0.2) is 32.2 Å². The maximum Gasteiger partial charge on any atom is 0.412 e. The first-order valence-corrected chi connectivity index (χ1v) is 6.44. The molecule has 116 valence electrons. The summed E-state index contributed by atoms with van der Waals surface area (Å²) in [6.45, 7) is 7.01. The van der Waals surface area contributed by atoms with Crippen molar-refractivity contribution in [2.75, 3.05) is 19.5 Å². The molecule has 21 heavy (non-hydrogen) atoms. The van der Waals surface area contributed by atoms with Crippen LogP contribution in [0.3, 0.4) is 0 Å². The van der Waals surface area contributed by atoms with Crippen LogP contribution in [0.15, 0.2) is 6.07 Å². The van der Waals surface area contributed by atoms with Crippen molar-refractivity contribution in [3.05, 3.63) is 17.2 Å². The Bertz CT molecular complexity index is 546. The molecule has 0 atom stereocenters. The number of hydrogen-bond donors (Lipinski definition) is 1. The van der Waals surface area contributed by atoms with Gasteiger partial charge < -0.3 is 14.2 Å².